The number of rotatable bonds is 7. The van der Waals surface area contributed by atoms with E-state index < -0.39 is 0 Å². The van der Waals surface area contributed by atoms with Gasteiger partial charge in [-0.3, -0.25) is 0 Å². The van der Waals surface area contributed by atoms with Crippen LogP contribution in [0.2, 0.25) is 0 Å². The summed E-state index contributed by atoms with van der Waals surface area (Å²) in [4.78, 5) is 0. The van der Waals surface area contributed by atoms with Gasteiger partial charge in [0.25, 0.3) is 0 Å². The molecule has 0 aliphatic carbocycles. The van der Waals surface area contributed by atoms with E-state index in [0.29, 0.717) is 12.0 Å². The zero-order valence-corrected chi connectivity index (χ0v) is 11.1. The third kappa shape index (κ3) is 8.63. The molecule has 0 amide bonds. The van der Waals surface area contributed by atoms with Crippen LogP contribution in [0, 0.1) is 5.92 Å². The first-order valence-electron chi connectivity index (χ1n) is 5.70. The number of hydrogen-bond donors (Lipinski definition) is 2. The molecule has 0 fully saturated rings. The second-order valence-corrected chi connectivity index (χ2v) is 4.39. The number of nitrogens with one attached hydrogen (secondary N) is 2. The van der Waals surface area contributed by atoms with Crippen LogP contribution in [-0.4, -0.2) is 30.9 Å². The fourth-order valence-electron chi connectivity index (χ4n) is 0.945. The summed E-state index contributed by atoms with van der Waals surface area (Å²) in [6.45, 7) is 10.9. The maximum absolute atomic E-state index is 5.23. The van der Waals surface area contributed by atoms with Crippen LogP contribution in [0.25, 0.3) is 0 Å². The minimum Gasteiger partial charge on any atom is -0.382 e. The van der Waals surface area contributed by atoms with Crippen molar-refractivity contribution in [3.8, 4) is 0 Å². The Kier molecular flexibility index (Phi) is 8.71. The number of hydrogen-bond acceptors (Lipinski definition) is 2. The number of thiocarbonyl (C=S) groups is 1. The van der Waals surface area contributed by atoms with Crippen LogP contribution >= 0.6 is 12.2 Å². The average Bonchev–Trinajstić information content (AvgIpc) is 2.17. The highest BCUT2D eigenvalue weighted by Crippen LogP contribution is 1.98. The van der Waals surface area contributed by atoms with Gasteiger partial charge in [-0.15, -0.1) is 0 Å². The fraction of sp³-hybridized carbons (Fsp3) is 0.909. The molecule has 4 heteroatoms. The van der Waals surface area contributed by atoms with E-state index in [9.17, 15) is 0 Å². The molecule has 0 aromatic carbocycles. The molecule has 0 aliphatic rings. The molecule has 0 radical (unpaired) electrons. The summed E-state index contributed by atoms with van der Waals surface area (Å²) >= 11 is 5.16. The topological polar surface area (TPSA) is 33.3 Å². The lowest BCUT2D eigenvalue weighted by molar-refractivity contribution is 0.145. The third-order valence-corrected chi connectivity index (χ3v) is 2.58. The van der Waals surface area contributed by atoms with Gasteiger partial charge >= 0.3 is 0 Å². The highest BCUT2D eigenvalue weighted by molar-refractivity contribution is 7.80. The molecule has 0 bridgehead atoms. The third-order valence-electron chi connectivity index (χ3n) is 2.31. The highest BCUT2D eigenvalue weighted by atomic mass is 32.1. The normalized spacial score (nSPS) is 12.6. The Bertz CT molecular complexity index is 174. The molecule has 1 unspecified atom stereocenters. The monoisotopic (exact) mass is 232 g/mol. The Hall–Kier alpha value is -0.350. The van der Waals surface area contributed by atoms with E-state index in [-0.39, 0.29) is 0 Å². The molecule has 0 spiro atoms. The first-order chi connectivity index (χ1) is 7.07. The molecule has 0 aromatic rings. The second kappa shape index (κ2) is 8.92. The molecule has 0 aliphatic heterocycles. The summed E-state index contributed by atoms with van der Waals surface area (Å²) in [7, 11) is 0. The van der Waals surface area contributed by atoms with Gasteiger partial charge in [-0.2, -0.15) is 0 Å². The smallest absolute Gasteiger partial charge is 0.166 e. The predicted octanol–water partition coefficient (Wildman–Crippen LogP) is 1.92. The van der Waals surface area contributed by atoms with Gasteiger partial charge in [-0.25, -0.2) is 0 Å². The molecular weight excluding hydrogens is 208 g/mol. The average molecular weight is 232 g/mol. The van der Waals surface area contributed by atoms with E-state index in [0.717, 1.165) is 31.3 Å². The van der Waals surface area contributed by atoms with Crippen molar-refractivity contribution in [3.05, 3.63) is 0 Å². The quantitative estimate of drug-likeness (QED) is 0.519. The minimum absolute atomic E-state index is 0.414. The van der Waals surface area contributed by atoms with Crippen LogP contribution in [-0.2, 0) is 4.74 Å². The Balaban J connectivity index is 3.41. The van der Waals surface area contributed by atoms with Crippen LogP contribution in [0.4, 0.5) is 0 Å². The van der Waals surface area contributed by atoms with Crippen molar-refractivity contribution in [2.45, 2.75) is 40.2 Å². The first kappa shape index (κ1) is 14.6. The Morgan fingerprint density at radius 1 is 1.33 bits per heavy atom. The maximum atomic E-state index is 5.23. The summed E-state index contributed by atoms with van der Waals surface area (Å²) in [5.74, 6) is 0.591. The predicted molar refractivity (Wildman–Crippen MR) is 69.1 cm³/mol. The molecule has 3 nitrogen and oxygen atoms in total. The van der Waals surface area contributed by atoms with Crippen molar-refractivity contribution in [3.63, 3.8) is 0 Å². The van der Waals surface area contributed by atoms with E-state index in [2.05, 4.69) is 31.4 Å². The Morgan fingerprint density at radius 3 is 2.53 bits per heavy atom. The van der Waals surface area contributed by atoms with Crippen molar-refractivity contribution < 1.29 is 4.74 Å². The van der Waals surface area contributed by atoms with Gasteiger partial charge in [0.15, 0.2) is 5.11 Å². The van der Waals surface area contributed by atoms with Gasteiger partial charge in [0.05, 0.1) is 0 Å². The van der Waals surface area contributed by atoms with E-state index in [4.69, 9.17) is 17.0 Å². The zero-order chi connectivity index (χ0) is 11.7. The SMILES string of the molecule is CCOCCCNC(=S)NC(C)C(C)C. The molecule has 15 heavy (non-hydrogen) atoms. The summed E-state index contributed by atoms with van der Waals surface area (Å²) in [6, 6.07) is 0.414. The molecule has 2 N–H and O–H groups in total. The summed E-state index contributed by atoms with van der Waals surface area (Å²) < 4.78 is 5.23. The maximum Gasteiger partial charge on any atom is 0.166 e. The molecule has 0 saturated heterocycles. The van der Waals surface area contributed by atoms with Gasteiger partial charge in [0.2, 0.25) is 0 Å². The van der Waals surface area contributed by atoms with Crippen LogP contribution in [0.3, 0.4) is 0 Å². The van der Waals surface area contributed by atoms with Gasteiger partial charge in [0, 0.05) is 25.8 Å². The van der Waals surface area contributed by atoms with Crippen LogP contribution in [0.15, 0.2) is 0 Å². The summed E-state index contributed by atoms with van der Waals surface area (Å²) in [5.41, 5.74) is 0. The molecule has 1 atom stereocenters. The lowest BCUT2D eigenvalue weighted by Crippen LogP contribution is -2.43. The van der Waals surface area contributed by atoms with Crippen LogP contribution in [0.5, 0.6) is 0 Å². The van der Waals surface area contributed by atoms with Crippen molar-refractivity contribution in [2.24, 2.45) is 5.92 Å². The summed E-state index contributed by atoms with van der Waals surface area (Å²) in [6.07, 6.45) is 0.992. The molecule has 0 saturated carbocycles. The van der Waals surface area contributed by atoms with Gasteiger partial charge in [-0.05, 0) is 38.4 Å². The van der Waals surface area contributed by atoms with Gasteiger partial charge in [0.1, 0.15) is 0 Å². The molecular formula is C11H24N2OS. The van der Waals surface area contributed by atoms with Crippen LogP contribution < -0.4 is 10.6 Å². The zero-order valence-electron chi connectivity index (χ0n) is 10.3. The lowest BCUT2D eigenvalue weighted by atomic mass is 10.1. The second-order valence-electron chi connectivity index (χ2n) is 3.98. The van der Waals surface area contributed by atoms with E-state index >= 15 is 0 Å². The van der Waals surface area contributed by atoms with Gasteiger partial charge < -0.3 is 15.4 Å². The van der Waals surface area contributed by atoms with E-state index in [1.54, 1.807) is 0 Å². The standard InChI is InChI=1S/C11H24N2OS/c1-5-14-8-6-7-12-11(15)13-10(4)9(2)3/h9-10H,5-8H2,1-4H3,(H2,12,13,15). The lowest BCUT2D eigenvalue weighted by Gasteiger charge is -2.19. The molecule has 0 aromatic heterocycles. The molecule has 90 valence electrons. The Labute approximate surface area is 99.0 Å². The van der Waals surface area contributed by atoms with E-state index in [1.807, 2.05) is 6.92 Å². The Morgan fingerprint density at radius 2 is 2.00 bits per heavy atom. The van der Waals surface area contributed by atoms with E-state index in [1.165, 1.54) is 0 Å². The van der Waals surface area contributed by atoms with Crippen molar-refractivity contribution in [1.29, 1.82) is 0 Å². The molecule has 0 rings (SSSR count). The first-order valence-corrected chi connectivity index (χ1v) is 6.10. The largest absolute Gasteiger partial charge is 0.382 e. The molecule has 0 heterocycles. The van der Waals surface area contributed by atoms with Crippen molar-refractivity contribution >= 4 is 17.3 Å². The van der Waals surface area contributed by atoms with Gasteiger partial charge in [-0.1, -0.05) is 13.8 Å². The van der Waals surface area contributed by atoms with Crippen molar-refractivity contribution in [2.75, 3.05) is 19.8 Å². The number of ether oxygens (including phenoxy) is 1. The summed E-state index contributed by atoms with van der Waals surface area (Å²) in [5, 5.41) is 7.16. The fourth-order valence-corrected chi connectivity index (χ4v) is 1.23. The van der Waals surface area contributed by atoms with Crippen molar-refractivity contribution in [1.82, 2.24) is 10.6 Å². The highest BCUT2D eigenvalue weighted by Gasteiger charge is 2.07. The minimum atomic E-state index is 0.414. The van der Waals surface area contributed by atoms with Crippen LogP contribution in [0.1, 0.15) is 34.1 Å².